The molecule has 1 N–H and O–H groups in total. The number of urea groups is 1. The van der Waals surface area contributed by atoms with Crippen molar-refractivity contribution in [2.45, 2.75) is 59.3 Å². The number of carbonyl (C=O) groups excluding carboxylic acids is 1. The molecule has 1 atom stereocenters. The summed E-state index contributed by atoms with van der Waals surface area (Å²) < 4.78 is 16.1. The summed E-state index contributed by atoms with van der Waals surface area (Å²) in [6, 6.07) is 3.07. The number of aryl methyl sites for hydroxylation is 1. The maximum absolute atomic E-state index is 14.5. The van der Waals surface area contributed by atoms with Crippen LogP contribution in [0.1, 0.15) is 63.6 Å². The first-order chi connectivity index (χ1) is 15.9. The Morgan fingerprint density at radius 3 is 2.82 bits per heavy atom. The van der Waals surface area contributed by atoms with Crippen molar-refractivity contribution in [3.63, 3.8) is 0 Å². The van der Waals surface area contributed by atoms with Crippen molar-refractivity contribution < 1.29 is 9.18 Å². The Balaban J connectivity index is 1.59. The van der Waals surface area contributed by atoms with Gasteiger partial charge in [-0.2, -0.15) is 0 Å². The van der Waals surface area contributed by atoms with Crippen LogP contribution in [0, 0.1) is 12.7 Å². The number of carbonyl (C=O) groups is 1. The highest BCUT2D eigenvalue weighted by Gasteiger charge is 2.34. The molecule has 0 fully saturated rings. The number of aromatic nitrogens is 3. The number of hydrogen-bond donors (Lipinski definition) is 1. The number of pyridine rings is 2. The molecule has 0 aromatic carbocycles. The van der Waals surface area contributed by atoms with E-state index in [2.05, 4.69) is 47.0 Å². The zero-order valence-corrected chi connectivity index (χ0v) is 19.9. The number of amides is 2. The van der Waals surface area contributed by atoms with Crippen LogP contribution >= 0.6 is 0 Å². The van der Waals surface area contributed by atoms with Gasteiger partial charge in [0.25, 0.3) is 0 Å². The largest absolute Gasteiger partial charge is 0.371 e. The van der Waals surface area contributed by atoms with Crippen molar-refractivity contribution >= 4 is 28.9 Å². The lowest BCUT2D eigenvalue weighted by Crippen LogP contribution is -2.34. The topological polar surface area (TPSA) is 65.8 Å². The van der Waals surface area contributed by atoms with Crippen LogP contribution in [0.15, 0.2) is 30.7 Å². The maximum atomic E-state index is 14.5. The van der Waals surface area contributed by atoms with Crippen molar-refractivity contribution in [1.82, 2.24) is 14.4 Å². The monoisotopic (exact) mass is 452 g/mol. The lowest BCUT2D eigenvalue weighted by Gasteiger charge is -2.27. The number of imidazole rings is 1. The predicted molar refractivity (Wildman–Crippen MR) is 131 cm³/mol. The quantitative estimate of drug-likeness (QED) is 0.443. The van der Waals surface area contributed by atoms with E-state index in [0.717, 1.165) is 31.5 Å². The van der Waals surface area contributed by atoms with Gasteiger partial charge in [0.15, 0.2) is 11.5 Å². The molecule has 4 rings (SSSR count). The third-order valence-corrected chi connectivity index (χ3v) is 6.14. The van der Waals surface area contributed by atoms with Crippen LogP contribution in [0.5, 0.6) is 0 Å². The molecule has 0 spiro atoms. The zero-order valence-electron chi connectivity index (χ0n) is 19.9. The Kier molecular flexibility index (Phi) is 6.81. The van der Waals surface area contributed by atoms with E-state index in [1.54, 1.807) is 34.8 Å². The summed E-state index contributed by atoms with van der Waals surface area (Å²) >= 11 is 0. The number of fused-ring (bicyclic) bond motifs is 2. The molecule has 1 aliphatic heterocycles. The number of hydrogen-bond acceptors (Lipinski definition) is 4. The van der Waals surface area contributed by atoms with Gasteiger partial charge in [0.1, 0.15) is 5.82 Å². The lowest BCUT2D eigenvalue weighted by atomic mass is 10.0. The van der Waals surface area contributed by atoms with Gasteiger partial charge >= 0.3 is 6.03 Å². The van der Waals surface area contributed by atoms with Crippen LogP contribution in [0.3, 0.4) is 0 Å². The van der Waals surface area contributed by atoms with E-state index in [-0.39, 0.29) is 17.6 Å². The molecular weight excluding hydrogens is 419 g/mol. The van der Waals surface area contributed by atoms with Crippen molar-refractivity contribution in [3.05, 3.63) is 47.8 Å². The minimum atomic E-state index is -0.473. The van der Waals surface area contributed by atoms with Crippen molar-refractivity contribution in [1.29, 1.82) is 0 Å². The Morgan fingerprint density at radius 1 is 1.24 bits per heavy atom. The summed E-state index contributed by atoms with van der Waals surface area (Å²) in [5.41, 5.74) is 3.63. The fourth-order valence-electron chi connectivity index (χ4n) is 4.66. The van der Waals surface area contributed by atoms with Gasteiger partial charge in [-0.1, -0.05) is 33.6 Å². The number of halogens is 1. The van der Waals surface area contributed by atoms with Gasteiger partial charge in [-0.15, -0.1) is 0 Å². The third kappa shape index (κ3) is 4.65. The smallest absolute Gasteiger partial charge is 0.327 e. The van der Waals surface area contributed by atoms with Crippen molar-refractivity contribution in [3.8, 4) is 0 Å². The van der Waals surface area contributed by atoms with E-state index in [0.29, 0.717) is 23.7 Å². The molecule has 0 bridgehead atoms. The van der Waals surface area contributed by atoms with Crippen molar-refractivity contribution in [2.75, 3.05) is 34.8 Å². The second-order valence-corrected chi connectivity index (χ2v) is 8.89. The highest BCUT2D eigenvalue weighted by Crippen LogP contribution is 2.41. The van der Waals surface area contributed by atoms with E-state index < -0.39 is 5.82 Å². The van der Waals surface area contributed by atoms with Crippen LogP contribution in [0.4, 0.5) is 26.4 Å². The van der Waals surface area contributed by atoms with Gasteiger partial charge in [-0.25, -0.2) is 19.2 Å². The summed E-state index contributed by atoms with van der Waals surface area (Å²) in [7, 11) is 0. The molecule has 4 heterocycles. The Labute approximate surface area is 194 Å². The minimum absolute atomic E-state index is 0.162. The molecular formula is C25H33FN6O. The molecule has 33 heavy (non-hydrogen) atoms. The molecule has 7 nitrogen and oxygen atoms in total. The van der Waals surface area contributed by atoms with Gasteiger partial charge in [0, 0.05) is 61.5 Å². The fourth-order valence-corrected chi connectivity index (χ4v) is 4.66. The average molecular weight is 453 g/mol. The minimum Gasteiger partial charge on any atom is -0.371 e. The molecule has 1 unspecified atom stereocenters. The summed E-state index contributed by atoms with van der Waals surface area (Å²) in [5, 5.41) is 2.85. The molecule has 3 aromatic heterocycles. The van der Waals surface area contributed by atoms with Crippen LogP contribution in [-0.2, 0) is 0 Å². The van der Waals surface area contributed by atoms with Gasteiger partial charge in [-0.05, 0) is 25.8 Å². The van der Waals surface area contributed by atoms with E-state index >= 15 is 0 Å². The van der Waals surface area contributed by atoms with E-state index in [1.807, 2.05) is 0 Å². The van der Waals surface area contributed by atoms with E-state index in [1.165, 1.54) is 24.6 Å². The Hall–Kier alpha value is -3.16. The second kappa shape index (κ2) is 9.77. The number of rotatable bonds is 8. The highest BCUT2D eigenvalue weighted by atomic mass is 19.1. The average Bonchev–Trinajstić information content (AvgIpc) is 3.33. The maximum Gasteiger partial charge on any atom is 0.327 e. The third-order valence-electron chi connectivity index (χ3n) is 6.14. The van der Waals surface area contributed by atoms with Gasteiger partial charge in [-0.3, -0.25) is 4.90 Å². The molecule has 0 aliphatic carbocycles. The number of nitrogens with zero attached hydrogens (tertiary/aromatic N) is 5. The number of nitrogens with one attached hydrogen (secondary N) is 1. The van der Waals surface area contributed by atoms with Crippen LogP contribution in [-0.4, -0.2) is 40.0 Å². The Morgan fingerprint density at radius 2 is 2.06 bits per heavy atom. The van der Waals surface area contributed by atoms with E-state index in [4.69, 9.17) is 0 Å². The second-order valence-electron chi connectivity index (χ2n) is 8.89. The molecule has 0 radical (unpaired) electrons. The molecule has 2 amide bonds. The fraction of sp³-hybridized carbons (Fsp3) is 0.480. The van der Waals surface area contributed by atoms with E-state index in [9.17, 15) is 9.18 Å². The first-order valence-corrected chi connectivity index (χ1v) is 11.9. The standard InChI is InChI=1S/C25H33FN6O/c1-5-7-8-12-30(11-6-2)21-9-10-27-24-22(21)17(3)14-32(24)25(33)29-19-13-20(26)23-28-18(4)15-31(23)16-19/h9-10,13,15-17H,5-8,11-12,14H2,1-4H3,(H,29,33). The molecule has 0 saturated carbocycles. The molecule has 3 aromatic rings. The van der Waals surface area contributed by atoms with Gasteiger partial charge in [0.2, 0.25) is 0 Å². The first kappa shape index (κ1) is 23.0. The predicted octanol–water partition coefficient (Wildman–Crippen LogP) is 5.74. The number of anilines is 3. The SMILES string of the molecule is CCCCCN(CCC)c1ccnc2c1C(C)CN2C(=O)Nc1cc(F)c2nc(C)cn2c1. The molecule has 0 saturated heterocycles. The lowest BCUT2D eigenvalue weighted by molar-refractivity contribution is 0.257. The van der Waals surface area contributed by atoms with Gasteiger partial charge < -0.3 is 14.6 Å². The summed E-state index contributed by atoms with van der Waals surface area (Å²) in [6.07, 6.45) is 9.79. The first-order valence-electron chi connectivity index (χ1n) is 11.9. The van der Waals surface area contributed by atoms with Crippen LogP contribution in [0.25, 0.3) is 5.65 Å². The summed E-state index contributed by atoms with van der Waals surface area (Å²) in [6.45, 7) is 10.9. The normalized spacial score (nSPS) is 15.2. The van der Waals surface area contributed by atoms with Crippen molar-refractivity contribution in [2.24, 2.45) is 0 Å². The summed E-state index contributed by atoms with van der Waals surface area (Å²) in [5.74, 6) is 0.378. The Bertz CT molecular complexity index is 1140. The summed E-state index contributed by atoms with van der Waals surface area (Å²) in [4.78, 5) is 26.0. The molecule has 176 valence electrons. The van der Waals surface area contributed by atoms with Gasteiger partial charge in [0.05, 0.1) is 11.4 Å². The highest BCUT2D eigenvalue weighted by molar-refractivity contribution is 6.03. The number of unbranched alkanes of at least 4 members (excludes halogenated alkanes) is 2. The molecule has 1 aliphatic rings. The van der Waals surface area contributed by atoms with Crippen LogP contribution < -0.4 is 15.1 Å². The van der Waals surface area contributed by atoms with Crippen LogP contribution in [0.2, 0.25) is 0 Å². The molecule has 8 heteroatoms. The zero-order chi connectivity index (χ0) is 23.5.